The van der Waals surface area contributed by atoms with Crippen LogP contribution in [0.1, 0.15) is 16.8 Å². The molecule has 0 N–H and O–H groups in total. The number of anilines is 1. The highest BCUT2D eigenvalue weighted by Gasteiger charge is 2.34. The Kier molecular flexibility index (Phi) is 8.62. The number of likely N-dealkylation sites (N-methyl/N-ethyl adjacent to an activating group) is 1. The molecule has 9 nitrogen and oxygen atoms in total. The van der Waals surface area contributed by atoms with Crippen LogP contribution in [-0.4, -0.2) is 84.3 Å². The lowest BCUT2D eigenvalue weighted by Crippen LogP contribution is -2.44. The van der Waals surface area contributed by atoms with E-state index in [2.05, 4.69) is 35.0 Å². The third kappa shape index (κ3) is 6.95. The summed E-state index contributed by atoms with van der Waals surface area (Å²) < 4.78 is 61.6. The van der Waals surface area contributed by atoms with Gasteiger partial charge in [0.25, 0.3) is 5.95 Å². The van der Waals surface area contributed by atoms with E-state index in [1.807, 2.05) is 7.05 Å². The SMILES string of the molecule is CN1CCN(Cc2ccc(-c3ccnc(CN=Nc4ncc(F)c(N5CCOCC5)n4)c3)cc2C(F)(F)F)CC1. The number of ether oxygens (including phenoxy) is 1. The van der Waals surface area contributed by atoms with Crippen molar-refractivity contribution in [1.29, 1.82) is 0 Å². The Hall–Kier alpha value is -3.55. The molecule has 2 aliphatic rings. The largest absolute Gasteiger partial charge is 0.416 e. The fourth-order valence-corrected chi connectivity index (χ4v) is 4.71. The van der Waals surface area contributed by atoms with Crippen molar-refractivity contribution in [2.24, 2.45) is 10.2 Å². The highest BCUT2D eigenvalue weighted by molar-refractivity contribution is 5.65. The number of benzene rings is 1. The van der Waals surface area contributed by atoms with Gasteiger partial charge in [-0.2, -0.15) is 23.3 Å². The Morgan fingerprint density at radius 3 is 2.45 bits per heavy atom. The number of piperazine rings is 1. The summed E-state index contributed by atoms with van der Waals surface area (Å²) in [7, 11) is 2.01. The van der Waals surface area contributed by atoms with Gasteiger partial charge in [-0.3, -0.25) is 9.88 Å². The number of rotatable bonds is 7. The van der Waals surface area contributed by atoms with Crippen LogP contribution < -0.4 is 4.90 Å². The first kappa shape index (κ1) is 28.0. The van der Waals surface area contributed by atoms with Gasteiger partial charge < -0.3 is 14.5 Å². The minimum Gasteiger partial charge on any atom is -0.378 e. The lowest BCUT2D eigenvalue weighted by atomic mass is 9.98. The number of aromatic nitrogens is 3. The predicted octanol–water partition coefficient (Wildman–Crippen LogP) is 4.56. The second-order valence-electron chi connectivity index (χ2n) is 9.83. The van der Waals surface area contributed by atoms with Gasteiger partial charge in [-0.15, -0.1) is 5.11 Å². The van der Waals surface area contributed by atoms with Crippen molar-refractivity contribution >= 4 is 11.8 Å². The standard InChI is InChI=1S/C27H30F4N8O/c1-37-6-8-38(9-7-37)18-21-3-2-19(15-23(21)27(29,30)31)20-4-5-32-22(14-20)16-34-36-26-33-17-24(28)25(35-26)39-10-12-40-13-11-39/h2-5,14-15,17H,6-13,16,18H2,1H3. The summed E-state index contributed by atoms with van der Waals surface area (Å²) in [5.74, 6) is -0.406. The number of nitrogens with zero attached hydrogens (tertiary/aromatic N) is 8. The molecule has 40 heavy (non-hydrogen) atoms. The first-order valence-corrected chi connectivity index (χ1v) is 13.1. The zero-order valence-corrected chi connectivity index (χ0v) is 22.1. The molecule has 2 saturated heterocycles. The number of hydrogen-bond donors (Lipinski definition) is 0. The van der Waals surface area contributed by atoms with E-state index in [-0.39, 0.29) is 30.4 Å². The molecule has 0 bridgehead atoms. The third-order valence-electron chi connectivity index (χ3n) is 6.97. The molecule has 0 radical (unpaired) electrons. The molecule has 2 fully saturated rings. The molecule has 0 aliphatic carbocycles. The minimum absolute atomic E-state index is 0.00445. The number of azo groups is 1. The molecule has 3 aromatic rings. The molecule has 2 aliphatic heterocycles. The maximum atomic E-state index is 14.2. The Morgan fingerprint density at radius 2 is 1.70 bits per heavy atom. The van der Waals surface area contributed by atoms with Gasteiger partial charge in [0.2, 0.25) is 0 Å². The van der Waals surface area contributed by atoms with Crippen LogP contribution in [0.5, 0.6) is 0 Å². The smallest absolute Gasteiger partial charge is 0.378 e. The fraction of sp³-hybridized carbons (Fsp3) is 0.444. The maximum absolute atomic E-state index is 14.2. The summed E-state index contributed by atoms with van der Waals surface area (Å²) in [5.41, 5.74) is 1.16. The first-order chi connectivity index (χ1) is 19.3. The van der Waals surface area contributed by atoms with Crippen molar-refractivity contribution in [3.8, 4) is 11.1 Å². The summed E-state index contributed by atoms with van der Waals surface area (Å²) in [6.07, 6.45) is -1.90. The van der Waals surface area contributed by atoms with Crippen LogP contribution >= 0.6 is 0 Å². The topological polar surface area (TPSA) is 82.3 Å². The average molecular weight is 559 g/mol. The molecule has 5 rings (SSSR count). The van der Waals surface area contributed by atoms with Crippen LogP contribution in [0, 0.1) is 5.82 Å². The van der Waals surface area contributed by atoms with E-state index in [1.165, 1.54) is 12.3 Å². The highest BCUT2D eigenvalue weighted by atomic mass is 19.4. The van der Waals surface area contributed by atoms with Crippen molar-refractivity contribution in [2.45, 2.75) is 19.3 Å². The molecule has 0 spiro atoms. The van der Waals surface area contributed by atoms with Gasteiger partial charge in [0.1, 0.15) is 6.54 Å². The summed E-state index contributed by atoms with van der Waals surface area (Å²) in [6.45, 7) is 5.40. The summed E-state index contributed by atoms with van der Waals surface area (Å²) in [5, 5.41) is 8.09. The number of alkyl halides is 3. The summed E-state index contributed by atoms with van der Waals surface area (Å²) in [4.78, 5) is 18.3. The summed E-state index contributed by atoms with van der Waals surface area (Å²) in [6, 6.07) is 7.81. The van der Waals surface area contributed by atoms with Crippen LogP contribution in [0.25, 0.3) is 11.1 Å². The minimum atomic E-state index is -4.47. The van der Waals surface area contributed by atoms with E-state index in [0.29, 0.717) is 43.1 Å². The fourth-order valence-electron chi connectivity index (χ4n) is 4.71. The molecule has 2 aromatic heterocycles. The molecule has 212 valence electrons. The molecule has 0 atom stereocenters. The van der Waals surface area contributed by atoms with Crippen molar-refractivity contribution < 1.29 is 22.3 Å². The van der Waals surface area contributed by atoms with Crippen molar-refractivity contribution in [3.63, 3.8) is 0 Å². The predicted molar refractivity (Wildman–Crippen MR) is 141 cm³/mol. The van der Waals surface area contributed by atoms with Gasteiger partial charge in [-0.25, -0.2) is 9.37 Å². The molecular formula is C27H30F4N8O. The number of hydrogen-bond acceptors (Lipinski definition) is 9. The van der Waals surface area contributed by atoms with Crippen LogP contribution in [0.3, 0.4) is 0 Å². The molecule has 4 heterocycles. The van der Waals surface area contributed by atoms with Crippen molar-refractivity contribution in [1.82, 2.24) is 24.8 Å². The Balaban J connectivity index is 1.30. The van der Waals surface area contributed by atoms with E-state index >= 15 is 0 Å². The van der Waals surface area contributed by atoms with Crippen molar-refractivity contribution in [3.05, 3.63) is 65.4 Å². The van der Waals surface area contributed by atoms with Crippen LogP contribution in [0.4, 0.5) is 29.3 Å². The molecule has 13 heteroatoms. The second-order valence-corrected chi connectivity index (χ2v) is 9.83. The monoisotopic (exact) mass is 558 g/mol. The van der Waals surface area contributed by atoms with Gasteiger partial charge >= 0.3 is 6.18 Å². The maximum Gasteiger partial charge on any atom is 0.416 e. The summed E-state index contributed by atoms with van der Waals surface area (Å²) >= 11 is 0. The van der Waals surface area contributed by atoms with Crippen LogP contribution in [0.15, 0.2) is 53.0 Å². The van der Waals surface area contributed by atoms with E-state index < -0.39 is 17.6 Å². The van der Waals surface area contributed by atoms with Crippen LogP contribution in [-0.2, 0) is 24.0 Å². The van der Waals surface area contributed by atoms with Gasteiger partial charge in [0.05, 0.1) is 30.7 Å². The number of halogens is 4. The molecule has 1 aromatic carbocycles. The van der Waals surface area contributed by atoms with Gasteiger partial charge in [0.15, 0.2) is 11.6 Å². The van der Waals surface area contributed by atoms with E-state index in [9.17, 15) is 17.6 Å². The number of pyridine rings is 1. The van der Waals surface area contributed by atoms with Gasteiger partial charge in [0, 0.05) is 52.0 Å². The Bertz CT molecular complexity index is 1340. The van der Waals surface area contributed by atoms with Crippen molar-refractivity contribution in [2.75, 3.05) is 64.4 Å². The van der Waals surface area contributed by atoms with E-state index in [1.54, 1.807) is 29.2 Å². The Labute approximate surface area is 229 Å². The van der Waals surface area contributed by atoms with Gasteiger partial charge in [-0.1, -0.05) is 12.1 Å². The highest BCUT2D eigenvalue weighted by Crippen LogP contribution is 2.36. The Morgan fingerprint density at radius 1 is 0.950 bits per heavy atom. The quantitative estimate of drug-likeness (QED) is 0.311. The molecule has 0 saturated carbocycles. The number of morpholine rings is 1. The zero-order chi connectivity index (χ0) is 28.1. The third-order valence-corrected chi connectivity index (χ3v) is 6.97. The van der Waals surface area contributed by atoms with E-state index in [4.69, 9.17) is 4.74 Å². The molecule has 0 unspecified atom stereocenters. The first-order valence-electron chi connectivity index (χ1n) is 13.1. The lowest BCUT2D eigenvalue weighted by molar-refractivity contribution is -0.138. The van der Waals surface area contributed by atoms with Crippen LogP contribution in [0.2, 0.25) is 0 Å². The molecular weight excluding hydrogens is 528 g/mol. The normalized spacial score (nSPS) is 17.6. The lowest BCUT2D eigenvalue weighted by Gasteiger charge is -2.33. The van der Waals surface area contributed by atoms with E-state index in [0.717, 1.165) is 32.4 Å². The molecule has 0 amide bonds. The average Bonchev–Trinajstić information content (AvgIpc) is 2.95. The second kappa shape index (κ2) is 12.3. The van der Waals surface area contributed by atoms with Gasteiger partial charge in [-0.05, 0) is 41.9 Å². The zero-order valence-electron chi connectivity index (χ0n) is 22.1.